The summed E-state index contributed by atoms with van der Waals surface area (Å²) in [6, 6.07) is -3.97. The molecule has 3 amide bonds. The Kier molecular flexibility index (Phi) is 9.92. The van der Waals surface area contributed by atoms with E-state index in [0.717, 1.165) is 4.90 Å². The molecular formula is C24H38F4N4O6. The Bertz CT molecular complexity index is 907. The van der Waals surface area contributed by atoms with Crippen molar-refractivity contribution >= 4 is 23.5 Å². The van der Waals surface area contributed by atoms with E-state index in [-0.39, 0.29) is 19.9 Å². The first kappa shape index (κ1) is 31.9. The third-order valence-corrected chi connectivity index (χ3v) is 6.89. The van der Waals surface area contributed by atoms with E-state index < -0.39 is 90.1 Å². The van der Waals surface area contributed by atoms with Crippen LogP contribution in [0.25, 0.3) is 0 Å². The molecule has 1 aliphatic carbocycles. The second kappa shape index (κ2) is 11.8. The number of amides is 3. The van der Waals surface area contributed by atoms with Crippen LogP contribution < -0.4 is 16.0 Å². The van der Waals surface area contributed by atoms with Crippen molar-refractivity contribution in [1.82, 2.24) is 20.9 Å². The summed E-state index contributed by atoms with van der Waals surface area (Å²) in [5, 5.41) is 7.28. The van der Waals surface area contributed by atoms with Gasteiger partial charge in [0.2, 0.25) is 23.5 Å². The van der Waals surface area contributed by atoms with Crippen LogP contribution in [-0.2, 0) is 28.7 Å². The molecular weight excluding hydrogens is 516 g/mol. The molecule has 1 saturated heterocycles. The average Bonchev–Trinajstić information content (AvgIpc) is 3.12. The van der Waals surface area contributed by atoms with Crippen LogP contribution in [0.4, 0.5) is 17.6 Å². The number of hydrogen-bond acceptors (Lipinski definition) is 7. The van der Waals surface area contributed by atoms with Crippen molar-refractivity contribution in [3.8, 4) is 0 Å². The topological polar surface area (TPSA) is 126 Å². The van der Waals surface area contributed by atoms with Gasteiger partial charge in [0.15, 0.2) is 0 Å². The highest BCUT2D eigenvalue weighted by Crippen LogP contribution is 2.66. The Morgan fingerprint density at radius 3 is 2.21 bits per heavy atom. The molecule has 1 saturated carbocycles. The third-order valence-electron chi connectivity index (χ3n) is 6.89. The van der Waals surface area contributed by atoms with E-state index in [2.05, 4.69) is 16.0 Å². The van der Waals surface area contributed by atoms with Crippen molar-refractivity contribution in [3.05, 3.63) is 0 Å². The number of nitrogens with one attached hydrogen (secondary N) is 3. The quantitative estimate of drug-likeness (QED) is 0.136. The molecule has 0 aromatic rings. The van der Waals surface area contributed by atoms with Crippen LogP contribution in [0.2, 0.25) is 0 Å². The maximum atomic E-state index is 14.4. The number of likely N-dealkylation sites (N-methyl/N-ethyl adjacent to an activating group) is 1. The fourth-order valence-corrected chi connectivity index (χ4v) is 4.63. The molecule has 1 spiro atoms. The van der Waals surface area contributed by atoms with Gasteiger partial charge in [-0.3, -0.25) is 24.5 Å². The number of nitrogens with zero attached hydrogens (tertiary/aromatic N) is 1. The first-order valence-corrected chi connectivity index (χ1v) is 12.3. The second-order valence-corrected chi connectivity index (χ2v) is 11.2. The summed E-state index contributed by atoms with van der Waals surface area (Å²) in [5.41, 5.74) is -2.32. The predicted molar refractivity (Wildman–Crippen MR) is 127 cm³/mol. The van der Waals surface area contributed by atoms with Crippen molar-refractivity contribution in [2.45, 2.75) is 83.3 Å². The van der Waals surface area contributed by atoms with E-state index in [0.29, 0.717) is 6.92 Å². The maximum Gasteiger partial charge on any atom is 0.289 e. The summed E-state index contributed by atoms with van der Waals surface area (Å²) in [4.78, 5) is 52.4. The molecule has 1 heterocycles. The van der Waals surface area contributed by atoms with Crippen LogP contribution in [0.1, 0.15) is 53.4 Å². The van der Waals surface area contributed by atoms with Crippen LogP contribution in [-0.4, -0.2) is 92.6 Å². The number of rotatable bonds is 13. The molecule has 2 rings (SSSR count). The molecule has 14 heteroatoms. The molecule has 0 radical (unpaired) electrons. The minimum absolute atomic E-state index is 0.0559. The molecule has 2 aliphatic rings. The number of hydrogen-bond donors (Lipinski definition) is 3. The first-order chi connectivity index (χ1) is 17.4. The van der Waals surface area contributed by atoms with Crippen LogP contribution in [0.15, 0.2) is 0 Å². The minimum atomic E-state index is -3.18. The molecule has 3 N–H and O–H groups in total. The fourth-order valence-electron chi connectivity index (χ4n) is 4.63. The Labute approximate surface area is 219 Å². The van der Waals surface area contributed by atoms with Gasteiger partial charge < -0.3 is 25.0 Å². The predicted octanol–water partition coefficient (Wildman–Crippen LogP) is 1.43. The molecule has 4 atom stereocenters. The number of ether oxygens (including phenoxy) is 2. The lowest BCUT2D eigenvalue weighted by Gasteiger charge is -2.35. The van der Waals surface area contributed by atoms with Gasteiger partial charge in [0.25, 0.3) is 11.8 Å². The van der Waals surface area contributed by atoms with Gasteiger partial charge in [0, 0.05) is 33.5 Å². The smallest absolute Gasteiger partial charge is 0.289 e. The summed E-state index contributed by atoms with van der Waals surface area (Å²) in [7, 11) is 2.58. The van der Waals surface area contributed by atoms with Crippen LogP contribution in [0, 0.1) is 10.8 Å². The number of halogens is 4. The normalized spacial score (nSPS) is 24.2. The Hall–Kier alpha value is -2.32. The number of carbonyl (C=O) groups excluding carboxylic acids is 4. The van der Waals surface area contributed by atoms with Crippen molar-refractivity contribution in [1.29, 1.82) is 0 Å². The van der Waals surface area contributed by atoms with Gasteiger partial charge in [0.05, 0.1) is 17.5 Å². The molecule has 1 unspecified atom stereocenters. The number of Topliss-reactive ketones (excluding diaryl/α,β-unsaturated/α-hetero) is 1. The van der Waals surface area contributed by atoms with E-state index in [1.54, 1.807) is 20.8 Å². The number of carbonyl (C=O) groups is 4. The van der Waals surface area contributed by atoms with Crippen molar-refractivity contribution < 1.29 is 46.2 Å². The van der Waals surface area contributed by atoms with Gasteiger partial charge in [-0.15, -0.1) is 0 Å². The molecule has 10 nitrogen and oxygen atoms in total. The molecule has 38 heavy (non-hydrogen) atoms. The van der Waals surface area contributed by atoms with E-state index in [1.165, 1.54) is 14.2 Å². The van der Waals surface area contributed by atoms with Gasteiger partial charge in [-0.05, 0) is 25.2 Å². The number of ketones is 1. The van der Waals surface area contributed by atoms with E-state index >= 15 is 0 Å². The van der Waals surface area contributed by atoms with E-state index in [1.807, 2.05) is 0 Å². The lowest BCUT2D eigenvalue weighted by atomic mass is 9.85. The zero-order chi connectivity index (χ0) is 29.1. The molecule has 2 fully saturated rings. The second-order valence-electron chi connectivity index (χ2n) is 11.2. The summed E-state index contributed by atoms with van der Waals surface area (Å²) in [6.07, 6.45) is -2.26. The minimum Gasteiger partial charge on any atom is -0.359 e. The molecule has 0 aromatic carbocycles. The van der Waals surface area contributed by atoms with Crippen LogP contribution in [0.5, 0.6) is 0 Å². The SMILES string of the molecule is CNC(=O)C(=O)[C@H](CCC(C)(F)F)NC(=O)[C@@H]1CC2(CN1C(=O)[C@@H](NCOCOC)C(C)(C)C)CC2(F)F. The molecule has 0 aromatic heterocycles. The van der Waals surface area contributed by atoms with Crippen molar-refractivity contribution in [3.63, 3.8) is 0 Å². The van der Waals surface area contributed by atoms with Crippen LogP contribution in [0.3, 0.4) is 0 Å². The number of methoxy groups -OCH3 is 1. The number of alkyl halides is 4. The van der Waals surface area contributed by atoms with Gasteiger partial charge in [0.1, 0.15) is 19.6 Å². The Morgan fingerprint density at radius 2 is 1.74 bits per heavy atom. The standard InChI is InChI=1S/C24H38F4N4O6/c1-21(2,3)17(30-12-38-13-37-6)20(36)32-11-23(10-24(23,27)28)9-15(32)18(34)31-14(7-8-22(4,25)26)16(33)19(35)29-5/h14-15,17,30H,7-13H2,1-6H3,(H,29,35)(H,31,34)/t14-,15-,17+,23?/m0/s1. The Balaban J connectivity index is 2.31. The van der Waals surface area contributed by atoms with E-state index in [4.69, 9.17) is 9.47 Å². The van der Waals surface area contributed by atoms with Crippen molar-refractivity contribution in [2.24, 2.45) is 10.8 Å². The average molecular weight is 555 g/mol. The largest absolute Gasteiger partial charge is 0.359 e. The summed E-state index contributed by atoms with van der Waals surface area (Å²) >= 11 is 0. The summed E-state index contributed by atoms with van der Waals surface area (Å²) in [5.74, 6) is -10.1. The monoisotopic (exact) mass is 554 g/mol. The summed E-state index contributed by atoms with van der Waals surface area (Å²) < 4.78 is 65.7. The highest BCUT2D eigenvalue weighted by Gasteiger charge is 2.75. The number of likely N-dealkylation sites (tertiary alicyclic amines) is 1. The van der Waals surface area contributed by atoms with Gasteiger partial charge in [-0.25, -0.2) is 17.6 Å². The van der Waals surface area contributed by atoms with E-state index in [9.17, 15) is 36.7 Å². The zero-order valence-corrected chi connectivity index (χ0v) is 22.6. The molecule has 1 aliphatic heterocycles. The van der Waals surface area contributed by atoms with Gasteiger partial charge in [-0.1, -0.05) is 20.8 Å². The van der Waals surface area contributed by atoms with Crippen molar-refractivity contribution in [2.75, 3.05) is 34.2 Å². The lowest BCUT2D eigenvalue weighted by Crippen LogP contribution is -2.58. The van der Waals surface area contributed by atoms with Crippen LogP contribution >= 0.6 is 0 Å². The highest BCUT2D eigenvalue weighted by atomic mass is 19.3. The third kappa shape index (κ3) is 7.63. The molecule has 218 valence electrons. The molecule has 0 bridgehead atoms. The zero-order valence-electron chi connectivity index (χ0n) is 22.6. The van der Waals surface area contributed by atoms with Gasteiger partial charge >= 0.3 is 0 Å². The maximum absolute atomic E-state index is 14.4. The summed E-state index contributed by atoms with van der Waals surface area (Å²) in [6.45, 7) is 5.31. The lowest BCUT2D eigenvalue weighted by molar-refractivity contribution is -0.145. The Morgan fingerprint density at radius 1 is 1.13 bits per heavy atom. The van der Waals surface area contributed by atoms with Gasteiger partial charge in [-0.2, -0.15) is 0 Å². The highest BCUT2D eigenvalue weighted by molar-refractivity contribution is 6.38. The first-order valence-electron chi connectivity index (χ1n) is 12.3. The fraction of sp³-hybridized carbons (Fsp3) is 0.833.